The van der Waals surface area contributed by atoms with Crippen molar-refractivity contribution < 1.29 is 48.2 Å². The molecule has 0 radical (unpaired) electrons. The number of carbonyl (C=O) groups excluding carboxylic acids is 1. The average Bonchev–Trinajstić information content (AvgIpc) is 2.81. The van der Waals surface area contributed by atoms with Gasteiger partial charge in [-0.3, -0.25) is 4.79 Å². The summed E-state index contributed by atoms with van der Waals surface area (Å²) in [5.41, 5.74) is -0.123. The smallest absolute Gasteiger partial charge is 0.394 e. The molecule has 6 N–H and O–H groups in total. The fraction of sp³-hybridized carbons (Fsp3) is 0.435. The third-order valence-corrected chi connectivity index (χ3v) is 6.29. The van der Waals surface area contributed by atoms with E-state index in [-0.39, 0.29) is 11.5 Å². The zero-order valence-electron chi connectivity index (χ0n) is 17.7. The maximum Gasteiger partial charge on any atom is 0.416 e. The highest BCUT2D eigenvalue weighted by Crippen LogP contribution is 2.40. The molecule has 11 heteroatoms. The topological polar surface area (TPSA) is 139 Å². The van der Waals surface area contributed by atoms with Crippen LogP contribution in [-0.4, -0.2) is 75.1 Å². The Kier molecular flexibility index (Phi) is 6.69. The summed E-state index contributed by atoms with van der Waals surface area (Å²) in [6, 6.07) is 8.00. The Morgan fingerprint density at radius 1 is 1.03 bits per heavy atom. The number of benzene rings is 2. The number of carbonyl (C=O) groups is 1. The van der Waals surface area contributed by atoms with Gasteiger partial charge in [0, 0.05) is 12.1 Å². The summed E-state index contributed by atoms with van der Waals surface area (Å²) in [6.07, 6.45) is -14.9. The molecular weight excluding hydrogens is 459 g/mol. The highest BCUT2D eigenvalue weighted by molar-refractivity contribution is 5.98. The molecular formula is C23H24F3NO7. The number of amides is 1. The minimum Gasteiger partial charge on any atom is -0.394 e. The number of ether oxygens (including phenoxy) is 1. The lowest BCUT2D eigenvalue weighted by molar-refractivity contribution is -0.250. The van der Waals surface area contributed by atoms with Crippen LogP contribution < -0.4 is 5.32 Å². The van der Waals surface area contributed by atoms with Crippen molar-refractivity contribution in [1.29, 1.82) is 0 Å². The molecule has 2 aliphatic heterocycles. The first kappa shape index (κ1) is 24.6. The number of aliphatic hydroxyl groups is 5. The molecule has 1 saturated heterocycles. The van der Waals surface area contributed by atoms with E-state index in [0.717, 1.165) is 17.7 Å². The predicted molar refractivity (Wildman–Crippen MR) is 112 cm³/mol. The summed E-state index contributed by atoms with van der Waals surface area (Å²) < 4.78 is 47.2. The Morgan fingerprint density at radius 3 is 2.38 bits per heavy atom. The van der Waals surface area contributed by atoms with Gasteiger partial charge < -0.3 is 35.6 Å². The largest absolute Gasteiger partial charge is 0.416 e. The van der Waals surface area contributed by atoms with Gasteiger partial charge in [-0.05, 0) is 40.8 Å². The van der Waals surface area contributed by atoms with Crippen LogP contribution in [0.3, 0.4) is 0 Å². The number of hydrogen-bond acceptors (Lipinski definition) is 7. The van der Waals surface area contributed by atoms with E-state index in [2.05, 4.69) is 5.32 Å². The Labute approximate surface area is 192 Å². The number of halogens is 3. The van der Waals surface area contributed by atoms with Crippen LogP contribution in [0.15, 0.2) is 36.4 Å². The van der Waals surface area contributed by atoms with Crippen molar-refractivity contribution in [3.63, 3.8) is 0 Å². The van der Waals surface area contributed by atoms with Crippen LogP contribution in [-0.2, 0) is 17.3 Å². The summed E-state index contributed by atoms with van der Waals surface area (Å²) in [6.45, 7) is -0.306. The normalized spacial score (nSPS) is 28.2. The van der Waals surface area contributed by atoms with Crippen LogP contribution >= 0.6 is 0 Å². The van der Waals surface area contributed by atoms with E-state index in [9.17, 15) is 43.5 Å². The molecule has 1 amide bonds. The van der Waals surface area contributed by atoms with Crippen LogP contribution in [0.5, 0.6) is 0 Å². The van der Waals surface area contributed by atoms with E-state index >= 15 is 0 Å². The lowest BCUT2D eigenvalue weighted by Gasteiger charge is -2.42. The van der Waals surface area contributed by atoms with Gasteiger partial charge in [-0.25, -0.2) is 0 Å². The van der Waals surface area contributed by atoms with E-state index < -0.39 is 60.5 Å². The molecule has 34 heavy (non-hydrogen) atoms. The lowest BCUT2D eigenvalue weighted by Crippen LogP contribution is -2.60. The van der Waals surface area contributed by atoms with E-state index in [0.29, 0.717) is 24.1 Å². The molecule has 2 aromatic carbocycles. The number of hydrogen-bond donors (Lipinski definition) is 6. The standard InChI is InChI=1S/C23H24F3NO7/c24-23(25,26)15-8-12(11-2-1-10-5-6-27-22(33)14(10)7-11)3-4-13(15)17(29)21-20(32)19(31)18(30)16(9-28)34-21/h1-4,7-8,16-21,28-32H,5-6,9H2,(H,27,33)/t16?,17-,18-,19+,20?,21-/m1/s1. The molecule has 0 saturated carbocycles. The molecule has 184 valence electrons. The minimum atomic E-state index is -4.90. The lowest BCUT2D eigenvalue weighted by atomic mass is 9.87. The first-order chi connectivity index (χ1) is 16.0. The maximum atomic E-state index is 14.0. The van der Waals surface area contributed by atoms with Gasteiger partial charge in [-0.1, -0.05) is 24.3 Å². The Balaban J connectivity index is 1.72. The molecule has 6 atom stereocenters. The summed E-state index contributed by atoms with van der Waals surface area (Å²) in [4.78, 5) is 12.1. The first-order valence-electron chi connectivity index (χ1n) is 10.6. The van der Waals surface area contributed by atoms with Gasteiger partial charge in [-0.15, -0.1) is 0 Å². The second-order valence-corrected chi connectivity index (χ2v) is 8.42. The van der Waals surface area contributed by atoms with Crippen LogP contribution in [0.1, 0.15) is 33.2 Å². The predicted octanol–water partition coefficient (Wildman–Crippen LogP) is 0.534. The van der Waals surface area contributed by atoms with Crippen molar-refractivity contribution in [2.45, 2.75) is 49.2 Å². The van der Waals surface area contributed by atoms with Crippen LogP contribution in [0, 0.1) is 0 Å². The van der Waals surface area contributed by atoms with Crippen molar-refractivity contribution in [2.75, 3.05) is 13.2 Å². The summed E-state index contributed by atoms with van der Waals surface area (Å²) in [5.74, 6) is -0.311. The van der Waals surface area contributed by atoms with Crippen molar-refractivity contribution in [1.82, 2.24) is 5.32 Å². The highest BCUT2D eigenvalue weighted by Gasteiger charge is 2.48. The van der Waals surface area contributed by atoms with Crippen LogP contribution in [0.25, 0.3) is 11.1 Å². The van der Waals surface area contributed by atoms with E-state index in [4.69, 9.17) is 4.74 Å². The number of aliphatic hydroxyl groups excluding tert-OH is 5. The van der Waals surface area contributed by atoms with Crippen molar-refractivity contribution in [3.8, 4) is 11.1 Å². The van der Waals surface area contributed by atoms with Gasteiger partial charge >= 0.3 is 6.18 Å². The van der Waals surface area contributed by atoms with E-state index in [1.165, 1.54) is 12.1 Å². The van der Waals surface area contributed by atoms with Gasteiger partial charge in [0.25, 0.3) is 5.91 Å². The number of nitrogens with one attached hydrogen (secondary N) is 1. The molecule has 2 aromatic rings. The quantitative estimate of drug-likeness (QED) is 0.373. The monoisotopic (exact) mass is 483 g/mol. The molecule has 0 spiro atoms. The van der Waals surface area contributed by atoms with Gasteiger partial charge in [0.2, 0.25) is 0 Å². The first-order valence-corrected chi connectivity index (χ1v) is 10.6. The zero-order chi connectivity index (χ0) is 24.8. The Bertz CT molecular complexity index is 1080. The molecule has 2 unspecified atom stereocenters. The molecule has 1 fully saturated rings. The SMILES string of the molecule is O=C1NCCc2ccc(-c3ccc([C@@H](O)[C@H]4OC(CO)[C@@H](O)[C@H](O)C4O)c(C(F)(F)F)c3)cc21. The Hall–Kier alpha value is -2.54. The summed E-state index contributed by atoms with van der Waals surface area (Å²) >= 11 is 0. The molecule has 8 nitrogen and oxygen atoms in total. The fourth-order valence-corrected chi connectivity index (χ4v) is 4.40. The number of fused-ring (bicyclic) bond motifs is 1. The van der Waals surface area contributed by atoms with Crippen molar-refractivity contribution in [3.05, 3.63) is 58.7 Å². The van der Waals surface area contributed by atoms with Gasteiger partial charge in [-0.2, -0.15) is 13.2 Å². The van der Waals surface area contributed by atoms with Crippen LogP contribution in [0.2, 0.25) is 0 Å². The second-order valence-electron chi connectivity index (χ2n) is 8.42. The van der Waals surface area contributed by atoms with E-state index in [1.807, 2.05) is 0 Å². The zero-order valence-corrected chi connectivity index (χ0v) is 17.7. The fourth-order valence-electron chi connectivity index (χ4n) is 4.40. The third kappa shape index (κ3) is 4.42. The second kappa shape index (κ2) is 9.25. The molecule has 0 aliphatic carbocycles. The average molecular weight is 483 g/mol. The maximum absolute atomic E-state index is 14.0. The minimum absolute atomic E-state index is 0.151. The van der Waals surface area contributed by atoms with Crippen molar-refractivity contribution in [2.24, 2.45) is 0 Å². The summed E-state index contributed by atoms with van der Waals surface area (Å²) in [7, 11) is 0. The highest BCUT2D eigenvalue weighted by atomic mass is 19.4. The third-order valence-electron chi connectivity index (χ3n) is 6.29. The number of alkyl halides is 3. The summed E-state index contributed by atoms with van der Waals surface area (Å²) in [5, 5.41) is 52.8. The molecule has 4 rings (SSSR count). The van der Waals surface area contributed by atoms with Crippen molar-refractivity contribution >= 4 is 5.91 Å². The number of rotatable bonds is 4. The molecule has 0 aromatic heterocycles. The van der Waals surface area contributed by atoms with Gasteiger partial charge in [0.15, 0.2) is 0 Å². The van der Waals surface area contributed by atoms with Gasteiger partial charge in [0.1, 0.15) is 36.6 Å². The van der Waals surface area contributed by atoms with E-state index in [1.54, 1.807) is 12.1 Å². The van der Waals surface area contributed by atoms with Gasteiger partial charge in [0.05, 0.1) is 12.2 Å². The molecule has 0 bridgehead atoms. The molecule has 2 heterocycles. The molecule has 2 aliphatic rings. The van der Waals surface area contributed by atoms with Crippen LogP contribution in [0.4, 0.5) is 13.2 Å². The Morgan fingerprint density at radius 2 is 1.71 bits per heavy atom.